The summed E-state index contributed by atoms with van der Waals surface area (Å²) in [6.45, 7) is 4.18. The number of carbonyl (C=O) groups excluding carboxylic acids is 2. The van der Waals surface area contributed by atoms with Crippen LogP contribution in [0.5, 0.6) is 0 Å². The fourth-order valence-electron chi connectivity index (χ4n) is 3.37. The third-order valence-electron chi connectivity index (χ3n) is 5.23. The Morgan fingerprint density at radius 2 is 1.97 bits per heavy atom. The molecule has 2 N–H and O–H groups in total. The molecule has 1 unspecified atom stereocenters. The van der Waals surface area contributed by atoms with Gasteiger partial charge in [0, 0.05) is 37.7 Å². The van der Waals surface area contributed by atoms with Gasteiger partial charge < -0.3 is 10.2 Å². The maximum atomic E-state index is 13.6. The molecule has 4 heterocycles. The van der Waals surface area contributed by atoms with Gasteiger partial charge in [0.05, 0.1) is 11.7 Å². The van der Waals surface area contributed by atoms with Gasteiger partial charge in [0.2, 0.25) is 0 Å². The van der Waals surface area contributed by atoms with Crippen LogP contribution in [0.25, 0.3) is 16.8 Å². The van der Waals surface area contributed by atoms with E-state index in [9.17, 15) is 9.59 Å². The number of nitrogens with one attached hydrogen (secondary N) is 2. The Morgan fingerprint density at radius 1 is 1.12 bits per heavy atom. The number of hydrogen-bond donors (Lipinski definition) is 2. The minimum absolute atomic E-state index is 0.0961. The van der Waals surface area contributed by atoms with Gasteiger partial charge in [-0.05, 0) is 49.7 Å². The predicted octanol–water partition coefficient (Wildman–Crippen LogP) is 3.16. The van der Waals surface area contributed by atoms with Gasteiger partial charge in [0.25, 0.3) is 11.9 Å². The number of carbonyl (C=O) groups is 2. The number of fused-ring (bicyclic) bond motifs is 1. The zero-order valence-corrected chi connectivity index (χ0v) is 18.6. The molecule has 10 heteroatoms. The van der Waals surface area contributed by atoms with E-state index in [0.29, 0.717) is 17.9 Å². The molecule has 4 rings (SSSR count). The van der Waals surface area contributed by atoms with Crippen LogP contribution in [-0.2, 0) is 0 Å². The number of pyridine rings is 3. The van der Waals surface area contributed by atoms with E-state index in [2.05, 4.69) is 30.7 Å². The van der Waals surface area contributed by atoms with Crippen LogP contribution in [0.2, 0.25) is 0 Å². The molecule has 3 amide bonds. The van der Waals surface area contributed by atoms with Crippen LogP contribution in [0, 0.1) is 0 Å². The van der Waals surface area contributed by atoms with E-state index >= 15 is 0 Å². The highest BCUT2D eigenvalue weighted by molar-refractivity contribution is 5.95. The number of anilines is 1. The van der Waals surface area contributed by atoms with Crippen molar-refractivity contribution >= 4 is 23.5 Å². The molecular formula is C23H24N8O2. The normalized spacial score (nSPS) is 11.7. The summed E-state index contributed by atoms with van der Waals surface area (Å²) in [5, 5.41) is 9.59. The van der Waals surface area contributed by atoms with Crippen molar-refractivity contribution in [3.63, 3.8) is 0 Å². The van der Waals surface area contributed by atoms with Gasteiger partial charge in [0.15, 0.2) is 5.65 Å². The summed E-state index contributed by atoms with van der Waals surface area (Å²) in [5.74, 6) is -0.169. The zero-order chi connectivity index (χ0) is 23.4. The second kappa shape index (κ2) is 9.43. The van der Waals surface area contributed by atoms with Crippen molar-refractivity contribution in [2.45, 2.75) is 19.9 Å². The van der Waals surface area contributed by atoms with E-state index in [0.717, 1.165) is 16.8 Å². The Morgan fingerprint density at radius 3 is 2.67 bits per heavy atom. The fourth-order valence-corrected chi connectivity index (χ4v) is 3.37. The minimum Gasteiger partial charge on any atom is -0.338 e. The second-order valence-corrected chi connectivity index (χ2v) is 7.41. The van der Waals surface area contributed by atoms with Crippen molar-refractivity contribution in [3.05, 3.63) is 72.4 Å². The first kappa shape index (κ1) is 21.9. The standard InChI is InChI=1S/C23H24N8O2/c1-4-25-23(33)28-22-27-20-13-17(16-8-7-10-24-14-16)12-19(31(20)29-22)21(32)30(3)15(2)18-9-5-6-11-26-18/h5-15H,4H2,1-3H3,(H2,25,28,29,33). The highest BCUT2D eigenvalue weighted by Crippen LogP contribution is 2.25. The summed E-state index contributed by atoms with van der Waals surface area (Å²) in [5.41, 5.74) is 3.08. The summed E-state index contributed by atoms with van der Waals surface area (Å²) in [6.07, 6.45) is 5.09. The quantitative estimate of drug-likeness (QED) is 0.472. The largest absolute Gasteiger partial charge is 0.338 e. The van der Waals surface area contributed by atoms with E-state index < -0.39 is 6.03 Å². The van der Waals surface area contributed by atoms with Gasteiger partial charge in [-0.25, -0.2) is 9.31 Å². The van der Waals surface area contributed by atoms with Crippen LogP contribution in [0.15, 0.2) is 61.1 Å². The molecule has 168 valence electrons. The van der Waals surface area contributed by atoms with Crippen molar-refractivity contribution in [2.75, 3.05) is 18.9 Å². The number of rotatable bonds is 6. The van der Waals surface area contributed by atoms with Crippen molar-refractivity contribution in [1.29, 1.82) is 0 Å². The predicted molar refractivity (Wildman–Crippen MR) is 124 cm³/mol. The van der Waals surface area contributed by atoms with Crippen molar-refractivity contribution in [1.82, 2.24) is 34.8 Å². The van der Waals surface area contributed by atoms with E-state index in [4.69, 9.17) is 0 Å². The Bertz CT molecular complexity index is 1270. The van der Waals surface area contributed by atoms with Crippen LogP contribution >= 0.6 is 0 Å². The van der Waals surface area contributed by atoms with E-state index in [-0.39, 0.29) is 17.9 Å². The first-order valence-electron chi connectivity index (χ1n) is 10.5. The molecule has 0 saturated carbocycles. The fraction of sp³-hybridized carbons (Fsp3) is 0.217. The topological polar surface area (TPSA) is 117 Å². The molecule has 10 nitrogen and oxygen atoms in total. The number of urea groups is 1. The van der Waals surface area contributed by atoms with Gasteiger partial charge >= 0.3 is 6.03 Å². The summed E-state index contributed by atoms with van der Waals surface area (Å²) in [4.78, 5) is 40.1. The van der Waals surface area contributed by atoms with Crippen LogP contribution in [0.4, 0.5) is 10.7 Å². The Kier molecular flexibility index (Phi) is 6.25. The maximum absolute atomic E-state index is 13.6. The Labute approximate surface area is 190 Å². The average Bonchev–Trinajstić information content (AvgIpc) is 3.25. The third-order valence-corrected chi connectivity index (χ3v) is 5.23. The van der Waals surface area contributed by atoms with Gasteiger partial charge in [-0.15, -0.1) is 5.10 Å². The summed E-state index contributed by atoms with van der Waals surface area (Å²) in [7, 11) is 1.72. The SMILES string of the molecule is CCNC(=O)Nc1nc2cc(-c3cccnc3)cc(C(=O)N(C)C(C)c3ccccn3)n2n1. The van der Waals surface area contributed by atoms with Crippen LogP contribution < -0.4 is 10.6 Å². The molecule has 0 aromatic carbocycles. The molecule has 0 fully saturated rings. The number of aromatic nitrogens is 5. The van der Waals surface area contributed by atoms with Crippen LogP contribution in [-0.4, -0.2) is 55.0 Å². The number of amides is 3. The molecule has 0 aliphatic carbocycles. The first-order chi connectivity index (χ1) is 16.0. The lowest BCUT2D eigenvalue weighted by Crippen LogP contribution is -2.31. The molecule has 4 aromatic rings. The lowest BCUT2D eigenvalue weighted by atomic mass is 10.1. The maximum Gasteiger partial charge on any atom is 0.321 e. The summed E-state index contributed by atoms with van der Waals surface area (Å²) < 4.78 is 1.44. The molecule has 33 heavy (non-hydrogen) atoms. The lowest BCUT2D eigenvalue weighted by Gasteiger charge is -2.24. The third kappa shape index (κ3) is 4.64. The van der Waals surface area contributed by atoms with Gasteiger partial charge in [-0.2, -0.15) is 4.98 Å². The molecule has 0 bridgehead atoms. The molecule has 0 saturated heterocycles. The second-order valence-electron chi connectivity index (χ2n) is 7.41. The average molecular weight is 444 g/mol. The van der Waals surface area contributed by atoms with Gasteiger partial charge in [0.1, 0.15) is 5.69 Å². The van der Waals surface area contributed by atoms with Gasteiger partial charge in [-0.3, -0.25) is 20.1 Å². The van der Waals surface area contributed by atoms with E-state index in [1.165, 1.54) is 4.52 Å². The monoisotopic (exact) mass is 444 g/mol. The van der Waals surface area contributed by atoms with Crippen molar-refractivity contribution in [3.8, 4) is 11.1 Å². The van der Waals surface area contributed by atoms with Crippen LogP contribution in [0.1, 0.15) is 36.1 Å². The molecule has 4 aromatic heterocycles. The highest BCUT2D eigenvalue weighted by Gasteiger charge is 2.24. The molecule has 1 atom stereocenters. The lowest BCUT2D eigenvalue weighted by molar-refractivity contribution is 0.0731. The van der Waals surface area contributed by atoms with Crippen LogP contribution in [0.3, 0.4) is 0 Å². The van der Waals surface area contributed by atoms with Gasteiger partial charge in [-0.1, -0.05) is 12.1 Å². The molecule has 0 aliphatic rings. The van der Waals surface area contributed by atoms with Crippen molar-refractivity contribution < 1.29 is 9.59 Å². The molecule has 0 aliphatic heterocycles. The molecule has 0 radical (unpaired) electrons. The Balaban J connectivity index is 1.77. The van der Waals surface area contributed by atoms with Crippen molar-refractivity contribution in [2.24, 2.45) is 0 Å². The highest BCUT2D eigenvalue weighted by atomic mass is 16.2. The minimum atomic E-state index is -0.422. The number of nitrogens with zero attached hydrogens (tertiary/aromatic N) is 6. The molecule has 0 spiro atoms. The van der Waals surface area contributed by atoms with E-state index in [1.54, 1.807) is 42.7 Å². The number of hydrogen-bond acceptors (Lipinski definition) is 6. The Hall–Kier alpha value is -4.34. The smallest absolute Gasteiger partial charge is 0.321 e. The van der Waals surface area contributed by atoms with E-state index in [1.807, 2.05) is 44.2 Å². The summed E-state index contributed by atoms with van der Waals surface area (Å²) in [6, 6.07) is 12.2. The zero-order valence-electron chi connectivity index (χ0n) is 18.6. The first-order valence-corrected chi connectivity index (χ1v) is 10.5. The molecular weight excluding hydrogens is 420 g/mol. The summed E-state index contributed by atoms with van der Waals surface area (Å²) >= 11 is 0.